The van der Waals surface area contributed by atoms with Crippen LogP contribution in [-0.4, -0.2) is 38.7 Å². The van der Waals surface area contributed by atoms with Crippen molar-refractivity contribution < 1.29 is 28.2 Å². The van der Waals surface area contributed by atoms with Gasteiger partial charge in [-0.2, -0.15) is 23.3 Å². The monoisotopic (exact) mass is 330 g/mol. The maximum atomic E-state index is 13.3. The van der Waals surface area contributed by atoms with Gasteiger partial charge in [0.2, 0.25) is 0 Å². The van der Waals surface area contributed by atoms with E-state index >= 15 is 0 Å². The van der Waals surface area contributed by atoms with Crippen LogP contribution in [0.2, 0.25) is 0 Å². The first-order valence-electron chi connectivity index (χ1n) is 7.01. The van der Waals surface area contributed by atoms with Gasteiger partial charge in [-0.1, -0.05) is 44.2 Å². The van der Waals surface area contributed by atoms with Gasteiger partial charge in [0.1, 0.15) is 0 Å². The molecule has 1 amide bonds. The van der Waals surface area contributed by atoms with E-state index in [2.05, 4.69) is 5.10 Å². The lowest BCUT2D eigenvalue weighted by Gasteiger charge is -2.33. The minimum absolute atomic E-state index is 0.0402. The molecule has 0 aliphatic carbocycles. The summed E-state index contributed by atoms with van der Waals surface area (Å²) in [7, 11) is 0. The molecule has 0 saturated heterocycles. The van der Waals surface area contributed by atoms with Gasteiger partial charge in [0, 0.05) is 12.1 Å². The van der Waals surface area contributed by atoms with Crippen LogP contribution in [0, 0.1) is 5.92 Å². The Labute approximate surface area is 131 Å². The smallest absolute Gasteiger partial charge is 0.378 e. The van der Waals surface area contributed by atoms with Crippen molar-refractivity contribution in [2.24, 2.45) is 11.0 Å². The number of carbonyl (C=O) groups excluding carboxylic acids is 1. The number of nitrogens with zero attached hydrogens (tertiary/aromatic N) is 2. The molecule has 0 spiro atoms. The third kappa shape index (κ3) is 3.09. The van der Waals surface area contributed by atoms with Gasteiger partial charge in [0.25, 0.3) is 11.6 Å². The minimum atomic E-state index is -5.10. The van der Waals surface area contributed by atoms with Crippen molar-refractivity contribution in [1.29, 1.82) is 0 Å². The van der Waals surface area contributed by atoms with E-state index in [0.717, 1.165) is 0 Å². The molecule has 0 aromatic heterocycles. The van der Waals surface area contributed by atoms with Gasteiger partial charge in [-0.15, -0.1) is 0 Å². The number of hydrazone groups is 1. The average molecular weight is 330 g/mol. The molecule has 2 atom stereocenters. The second kappa shape index (κ2) is 5.93. The highest BCUT2D eigenvalue weighted by atomic mass is 19.4. The SMILES string of the molecule is CC(C)C1=NN(C(=O)[C@@H](O)c2ccccc2)[C@@](O)(C(F)(F)F)C1. The van der Waals surface area contributed by atoms with Crippen LogP contribution in [0.3, 0.4) is 0 Å². The molecule has 0 saturated carbocycles. The summed E-state index contributed by atoms with van der Waals surface area (Å²) in [6.07, 6.45) is -7.78. The Hall–Kier alpha value is -1.93. The normalized spacial score (nSPS) is 23.1. The second-order valence-corrected chi connectivity index (χ2v) is 5.70. The second-order valence-electron chi connectivity index (χ2n) is 5.70. The number of aliphatic hydroxyl groups is 2. The molecule has 126 valence electrons. The first-order valence-corrected chi connectivity index (χ1v) is 7.01. The first-order chi connectivity index (χ1) is 10.6. The summed E-state index contributed by atoms with van der Waals surface area (Å²) in [6, 6.07) is 7.51. The Bertz CT molecular complexity index is 616. The fraction of sp³-hybridized carbons (Fsp3) is 0.467. The Morgan fingerprint density at radius 3 is 2.35 bits per heavy atom. The summed E-state index contributed by atoms with van der Waals surface area (Å²) in [5.41, 5.74) is -3.28. The molecule has 2 N–H and O–H groups in total. The first kappa shape index (κ1) is 17.4. The van der Waals surface area contributed by atoms with Crippen LogP contribution in [0.4, 0.5) is 13.2 Å². The molecular formula is C15H17F3N2O3. The number of hydrogen-bond acceptors (Lipinski definition) is 4. The molecule has 8 heteroatoms. The third-order valence-corrected chi connectivity index (χ3v) is 3.68. The maximum absolute atomic E-state index is 13.3. The van der Waals surface area contributed by atoms with E-state index in [1.807, 2.05) is 0 Å². The molecule has 1 aliphatic rings. The van der Waals surface area contributed by atoms with Crippen LogP contribution in [0.15, 0.2) is 35.4 Å². The molecule has 0 fully saturated rings. The number of amides is 1. The van der Waals surface area contributed by atoms with Crippen LogP contribution in [0.1, 0.15) is 31.9 Å². The van der Waals surface area contributed by atoms with Crippen molar-refractivity contribution in [3.8, 4) is 0 Å². The topological polar surface area (TPSA) is 73.1 Å². The number of aliphatic hydroxyl groups excluding tert-OH is 1. The zero-order valence-electron chi connectivity index (χ0n) is 12.6. The summed E-state index contributed by atoms with van der Waals surface area (Å²) in [4.78, 5) is 12.3. The number of carbonyl (C=O) groups is 1. The van der Waals surface area contributed by atoms with Gasteiger partial charge in [0.05, 0.1) is 0 Å². The minimum Gasteiger partial charge on any atom is -0.378 e. The highest BCUT2D eigenvalue weighted by Gasteiger charge is 2.63. The van der Waals surface area contributed by atoms with Gasteiger partial charge in [0.15, 0.2) is 6.10 Å². The van der Waals surface area contributed by atoms with E-state index in [-0.39, 0.29) is 22.2 Å². The molecule has 0 bridgehead atoms. The predicted molar refractivity (Wildman–Crippen MR) is 76.1 cm³/mol. The number of alkyl halides is 3. The van der Waals surface area contributed by atoms with Crippen molar-refractivity contribution in [2.45, 2.75) is 38.3 Å². The van der Waals surface area contributed by atoms with Gasteiger partial charge < -0.3 is 10.2 Å². The Balaban J connectivity index is 2.38. The van der Waals surface area contributed by atoms with Crippen molar-refractivity contribution in [1.82, 2.24) is 5.01 Å². The van der Waals surface area contributed by atoms with Gasteiger partial charge in [-0.25, -0.2) is 0 Å². The summed E-state index contributed by atoms with van der Waals surface area (Å²) in [5, 5.41) is 23.6. The van der Waals surface area contributed by atoms with E-state index in [9.17, 15) is 28.2 Å². The van der Waals surface area contributed by atoms with Crippen LogP contribution < -0.4 is 0 Å². The van der Waals surface area contributed by atoms with E-state index in [0.29, 0.717) is 0 Å². The van der Waals surface area contributed by atoms with Crippen LogP contribution in [0.5, 0.6) is 0 Å². The van der Waals surface area contributed by atoms with Crippen molar-refractivity contribution in [2.75, 3.05) is 0 Å². The molecule has 23 heavy (non-hydrogen) atoms. The molecule has 0 radical (unpaired) electrons. The molecule has 2 rings (SSSR count). The lowest BCUT2D eigenvalue weighted by Crippen LogP contribution is -2.57. The molecule has 1 aromatic carbocycles. The third-order valence-electron chi connectivity index (χ3n) is 3.68. The molecule has 5 nitrogen and oxygen atoms in total. The summed E-state index contributed by atoms with van der Waals surface area (Å²) < 4.78 is 39.8. The summed E-state index contributed by atoms with van der Waals surface area (Å²) >= 11 is 0. The number of benzene rings is 1. The molecule has 1 aromatic rings. The fourth-order valence-corrected chi connectivity index (χ4v) is 2.24. The number of hydrogen-bond donors (Lipinski definition) is 2. The van der Waals surface area contributed by atoms with Crippen LogP contribution >= 0.6 is 0 Å². The van der Waals surface area contributed by atoms with Crippen molar-refractivity contribution >= 4 is 11.6 Å². The Morgan fingerprint density at radius 1 is 1.30 bits per heavy atom. The van der Waals surface area contributed by atoms with Gasteiger partial charge >= 0.3 is 6.18 Å². The molecule has 1 heterocycles. The standard InChI is InChI=1S/C15H17F3N2O3/c1-9(2)11-8-14(23,15(16,17)18)20(19-11)13(22)12(21)10-6-4-3-5-7-10/h3-7,9,12,21,23H,8H2,1-2H3/t12-,14-/m0/s1. The van der Waals surface area contributed by atoms with E-state index in [1.165, 1.54) is 24.3 Å². The van der Waals surface area contributed by atoms with E-state index < -0.39 is 30.3 Å². The highest BCUT2D eigenvalue weighted by molar-refractivity contribution is 5.93. The fourth-order valence-electron chi connectivity index (χ4n) is 2.24. The number of halogens is 3. The lowest BCUT2D eigenvalue weighted by molar-refractivity contribution is -0.303. The molecule has 0 unspecified atom stereocenters. The molecule has 1 aliphatic heterocycles. The Morgan fingerprint density at radius 2 is 1.87 bits per heavy atom. The van der Waals surface area contributed by atoms with Gasteiger partial charge in [-0.3, -0.25) is 4.79 Å². The highest BCUT2D eigenvalue weighted by Crippen LogP contribution is 2.42. The Kier molecular flexibility index (Phi) is 4.50. The number of rotatable bonds is 3. The summed E-state index contributed by atoms with van der Waals surface area (Å²) in [5.74, 6) is -1.71. The van der Waals surface area contributed by atoms with Gasteiger partial charge in [-0.05, 0) is 11.5 Å². The summed E-state index contributed by atoms with van der Waals surface area (Å²) in [6.45, 7) is 3.22. The zero-order valence-corrected chi connectivity index (χ0v) is 12.6. The average Bonchev–Trinajstić information content (AvgIpc) is 2.86. The lowest BCUT2D eigenvalue weighted by atomic mass is 9.98. The zero-order chi connectivity index (χ0) is 17.4. The van der Waals surface area contributed by atoms with Crippen molar-refractivity contribution in [3.05, 3.63) is 35.9 Å². The maximum Gasteiger partial charge on any atom is 0.438 e. The largest absolute Gasteiger partial charge is 0.438 e. The van der Waals surface area contributed by atoms with E-state index in [1.54, 1.807) is 19.9 Å². The molecular weight excluding hydrogens is 313 g/mol. The van der Waals surface area contributed by atoms with Crippen LogP contribution in [0.25, 0.3) is 0 Å². The quantitative estimate of drug-likeness (QED) is 0.892. The van der Waals surface area contributed by atoms with E-state index in [4.69, 9.17) is 0 Å². The predicted octanol–water partition coefficient (Wildman–Crippen LogP) is 2.22. The van der Waals surface area contributed by atoms with Crippen molar-refractivity contribution in [3.63, 3.8) is 0 Å². The van der Waals surface area contributed by atoms with Crippen LogP contribution in [-0.2, 0) is 4.79 Å².